The maximum Gasteiger partial charge on any atom is 0.387 e. The van der Waals surface area contributed by atoms with Gasteiger partial charge < -0.3 is 9.64 Å². The SMILES string of the molecule is CN(Cc1ccc(OC(F)F)cc1)C(=O)C1CCCCC1. The molecule has 1 amide bonds. The average Bonchev–Trinajstić information content (AvgIpc) is 2.49. The lowest BCUT2D eigenvalue weighted by atomic mass is 9.88. The number of ether oxygens (including phenoxy) is 1. The summed E-state index contributed by atoms with van der Waals surface area (Å²) in [5.74, 6) is 0.461. The van der Waals surface area contributed by atoms with E-state index < -0.39 is 6.61 Å². The summed E-state index contributed by atoms with van der Waals surface area (Å²) in [4.78, 5) is 14.0. The van der Waals surface area contributed by atoms with Crippen molar-refractivity contribution in [3.8, 4) is 5.75 Å². The van der Waals surface area contributed by atoms with E-state index in [2.05, 4.69) is 4.74 Å². The topological polar surface area (TPSA) is 29.5 Å². The molecule has 0 radical (unpaired) electrons. The third-order valence-corrected chi connectivity index (χ3v) is 3.90. The van der Waals surface area contributed by atoms with Gasteiger partial charge in [-0.15, -0.1) is 0 Å². The Hall–Kier alpha value is -1.65. The van der Waals surface area contributed by atoms with Gasteiger partial charge in [-0.2, -0.15) is 8.78 Å². The van der Waals surface area contributed by atoms with Crippen LogP contribution in [-0.4, -0.2) is 24.5 Å². The van der Waals surface area contributed by atoms with Gasteiger partial charge in [-0.25, -0.2) is 0 Å². The van der Waals surface area contributed by atoms with E-state index >= 15 is 0 Å². The quantitative estimate of drug-likeness (QED) is 0.826. The average molecular weight is 297 g/mol. The van der Waals surface area contributed by atoms with Crippen LogP contribution in [0.25, 0.3) is 0 Å². The van der Waals surface area contributed by atoms with E-state index in [0.29, 0.717) is 6.54 Å². The Morgan fingerprint density at radius 2 is 1.86 bits per heavy atom. The molecule has 1 saturated carbocycles. The number of alkyl halides is 2. The van der Waals surface area contributed by atoms with Crippen LogP contribution < -0.4 is 4.74 Å². The molecule has 0 saturated heterocycles. The molecule has 1 aromatic rings. The number of rotatable bonds is 5. The second kappa shape index (κ2) is 7.38. The Kier molecular flexibility index (Phi) is 5.53. The second-order valence-electron chi connectivity index (χ2n) is 5.55. The van der Waals surface area contributed by atoms with Gasteiger partial charge in [0.2, 0.25) is 5.91 Å². The Balaban J connectivity index is 1.89. The van der Waals surface area contributed by atoms with Crippen molar-refractivity contribution in [3.63, 3.8) is 0 Å². The Morgan fingerprint density at radius 3 is 2.43 bits per heavy atom. The monoisotopic (exact) mass is 297 g/mol. The predicted molar refractivity (Wildman–Crippen MR) is 76.1 cm³/mol. The van der Waals surface area contributed by atoms with Crippen LogP contribution in [0, 0.1) is 5.92 Å². The molecule has 0 spiro atoms. The van der Waals surface area contributed by atoms with Crippen LogP contribution in [0.3, 0.4) is 0 Å². The van der Waals surface area contributed by atoms with Crippen LogP contribution >= 0.6 is 0 Å². The molecule has 1 aliphatic carbocycles. The molecule has 116 valence electrons. The van der Waals surface area contributed by atoms with Crippen molar-refractivity contribution in [2.24, 2.45) is 5.92 Å². The molecule has 0 unspecified atom stereocenters. The molecule has 2 rings (SSSR count). The van der Waals surface area contributed by atoms with E-state index in [4.69, 9.17) is 0 Å². The summed E-state index contributed by atoms with van der Waals surface area (Å²) in [6.45, 7) is -2.32. The van der Waals surface area contributed by atoms with Gasteiger partial charge in [-0.1, -0.05) is 31.4 Å². The number of hydrogen-bond donors (Lipinski definition) is 0. The largest absolute Gasteiger partial charge is 0.435 e. The van der Waals surface area contributed by atoms with E-state index in [-0.39, 0.29) is 17.6 Å². The summed E-state index contributed by atoms with van der Waals surface area (Å²) in [7, 11) is 1.79. The molecule has 0 atom stereocenters. The molecule has 21 heavy (non-hydrogen) atoms. The van der Waals surface area contributed by atoms with E-state index in [1.807, 2.05) is 0 Å². The van der Waals surface area contributed by atoms with Crippen LogP contribution in [0.15, 0.2) is 24.3 Å². The van der Waals surface area contributed by atoms with Gasteiger partial charge >= 0.3 is 6.61 Å². The Bertz CT molecular complexity index is 456. The maximum absolute atomic E-state index is 12.3. The van der Waals surface area contributed by atoms with Crippen LogP contribution in [0.4, 0.5) is 8.78 Å². The minimum atomic E-state index is -2.81. The van der Waals surface area contributed by atoms with Crippen LogP contribution in [0.2, 0.25) is 0 Å². The first kappa shape index (κ1) is 15.7. The molecule has 0 aliphatic heterocycles. The lowest BCUT2D eigenvalue weighted by Gasteiger charge is -2.26. The van der Waals surface area contributed by atoms with E-state index in [1.165, 1.54) is 18.6 Å². The standard InChI is InChI=1S/C16H21F2NO2/c1-19(15(20)13-5-3-2-4-6-13)11-12-7-9-14(10-8-12)21-16(17)18/h7-10,13,16H,2-6,11H2,1H3. The highest BCUT2D eigenvalue weighted by atomic mass is 19.3. The van der Waals surface area contributed by atoms with Gasteiger partial charge in [-0.05, 0) is 30.5 Å². The summed E-state index contributed by atoms with van der Waals surface area (Å²) < 4.78 is 28.4. The fourth-order valence-corrected chi connectivity index (χ4v) is 2.79. The van der Waals surface area contributed by atoms with Crippen LogP contribution in [0.1, 0.15) is 37.7 Å². The number of carbonyl (C=O) groups excluding carboxylic acids is 1. The van der Waals surface area contributed by atoms with Crippen molar-refractivity contribution >= 4 is 5.91 Å². The lowest BCUT2D eigenvalue weighted by Crippen LogP contribution is -2.33. The van der Waals surface area contributed by atoms with Crippen molar-refractivity contribution in [3.05, 3.63) is 29.8 Å². The highest BCUT2D eigenvalue weighted by Crippen LogP contribution is 2.25. The normalized spacial score (nSPS) is 16.0. The van der Waals surface area contributed by atoms with Crippen LogP contribution in [0.5, 0.6) is 5.75 Å². The molecule has 1 aliphatic rings. The van der Waals surface area contributed by atoms with Gasteiger partial charge in [0.1, 0.15) is 5.75 Å². The fourth-order valence-electron chi connectivity index (χ4n) is 2.79. The first-order chi connectivity index (χ1) is 10.1. The first-order valence-corrected chi connectivity index (χ1v) is 7.35. The number of nitrogens with zero attached hydrogens (tertiary/aromatic N) is 1. The smallest absolute Gasteiger partial charge is 0.387 e. The van der Waals surface area contributed by atoms with Crippen molar-refractivity contribution in [2.75, 3.05) is 7.05 Å². The zero-order valence-corrected chi connectivity index (χ0v) is 12.2. The molecule has 0 heterocycles. The maximum atomic E-state index is 12.3. The highest BCUT2D eigenvalue weighted by molar-refractivity contribution is 5.78. The number of halogens is 2. The van der Waals surface area contributed by atoms with Crippen molar-refractivity contribution in [2.45, 2.75) is 45.3 Å². The molecular formula is C16H21F2NO2. The van der Waals surface area contributed by atoms with E-state index in [9.17, 15) is 13.6 Å². The van der Waals surface area contributed by atoms with Crippen molar-refractivity contribution < 1.29 is 18.3 Å². The first-order valence-electron chi connectivity index (χ1n) is 7.35. The van der Waals surface area contributed by atoms with Gasteiger partial charge in [0.25, 0.3) is 0 Å². The van der Waals surface area contributed by atoms with Crippen molar-refractivity contribution in [1.29, 1.82) is 0 Å². The molecule has 3 nitrogen and oxygen atoms in total. The zero-order chi connectivity index (χ0) is 15.2. The van der Waals surface area contributed by atoms with Gasteiger partial charge in [0.15, 0.2) is 0 Å². The summed E-state index contributed by atoms with van der Waals surface area (Å²) >= 11 is 0. The molecular weight excluding hydrogens is 276 g/mol. The minimum Gasteiger partial charge on any atom is -0.435 e. The van der Waals surface area contributed by atoms with E-state index in [1.54, 1.807) is 24.1 Å². The Morgan fingerprint density at radius 1 is 1.24 bits per heavy atom. The predicted octanol–water partition coefficient (Wildman–Crippen LogP) is 3.83. The van der Waals surface area contributed by atoms with Crippen LogP contribution in [-0.2, 0) is 11.3 Å². The van der Waals surface area contributed by atoms with Gasteiger partial charge in [0.05, 0.1) is 0 Å². The van der Waals surface area contributed by atoms with Gasteiger partial charge in [-0.3, -0.25) is 4.79 Å². The summed E-state index contributed by atoms with van der Waals surface area (Å²) in [6.07, 6.45) is 5.43. The van der Waals surface area contributed by atoms with Crippen molar-refractivity contribution in [1.82, 2.24) is 4.90 Å². The second-order valence-corrected chi connectivity index (χ2v) is 5.55. The third kappa shape index (κ3) is 4.69. The molecule has 0 bridgehead atoms. The molecule has 0 aromatic heterocycles. The summed E-state index contributed by atoms with van der Waals surface area (Å²) in [5, 5.41) is 0. The Labute approximate surface area is 123 Å². The molecule has 0 N–H and O–H groups in total. The summed E-state index contributed by atoms with van der Waals surface area (Å²) in [6, 6.07) is 6.42. The molecule has 1 fully saturated rings. The number of amides is 1. The number of hydrogen-bond acceptors (Lipinski definition) is 2. The van der Waals surface area contributed by atoms with Gasteiger partial charge in [0, 0.05) is 19.5 Å². The molecule has 5 heteroatoms. The molecule has 1 aromatic carbocycles. The summed E-state index contributed by atoms with van der Waals surface area (Å²) in [5.41, 5.74) is 0.906. The number of carbonyl (C=O) groups is 1. The van der Waals surface area contributed by atoms with E-state index in [0.717, 1.165) is 31.2 Å². The highest BCUT2D eigenvalue weighted by Gasteiger charge is 2.23. The lowest BCUT2D eigenvalue weighted by molar-refractivity contribution is -0.135. The number of benzene rings is 1. The third-order valence-electron chi connectivity index (χ3n) is 3.90. The fraction of sp³-hybridized carbons (Fsp3) is 0.562. The zero-order valence-electron chi connectivity index (χ0n) is 12.2. The minimum absolute atomic E-state index is 0.134.